The number of nitrogens with one attached hydrogen (secondary N) is 2. The van der Waals surface area contributed by atoms with Gasteiger partial charge >= 0.3 is 0 Å². The van der Waals surface area contributed by atoms with E-state index >= 15 is 0 Å². The van der Waals surface area contributed by atoms with Gasteiger partial charge in [0.2, 0.25) is 11.8 Å². The van der Waals surface area contributed by atoms with E-state index in [4.69, 9.17) is 0 Å². The molecule has 2 atom stereocenters. The summed E-state index contributed by atoms with van der Waals surface area (Å²) >= 11 is 0. The number of phenols is 1. The average molecular weight is 368 g/mol. The van der Waals surface area contributed by atoms with Crippen molar-refractivity contribution in [2.45, 2.75) is 38.8 Å². The fourth-order valence-electron chi connectivity index (χ4n) is 2.74. The third-order valence-electron chi connectivity index (χ3n) is 4.16. The molecule has 0 aromatic heterocycles. The van der Waals surface area contributed by atoms with Crippen LogP contribution in [-0.4, -0.2) is 34.8 Å². The fourth-order valence-corrected chi connectivity index (χ4v) is 2.74. The van der Waals surface area contributed by atoms with Gasteiger partial charge in [0.25, 0.3) is 0 Å². The monoisotopic (exact) mass is 368 g/mol. The number of hydrogen-bond donors (Lipinski definition) is 3. The van der Waals surface area contributed by atoms with Gasteiger partial charge in [-0.1, -0.05) is 42.5 Å². The first-order chi connectivity index (χ1) is 12.8. The summed E-state index contributed by atoms with van der Waals surface area (Å²) in [5, 5.41) is 14.8. The molecule has 142 valence electrons. The minimum absolute atomic E-state index is 0.124. The van der Waals surface area contributed by atoms with E-state index in [-0.39, 0.29) is 23.9 Å². The van der Waals surface area contributed by atoms with Crippen molar-refractivity contribution in [2.24, 2.45) is 0 Å². The van der Waals surface area contributed by atoms with E-state index in [1.807, 2.05) is 30.3 Å². The Morgan fingerprint density at radius 3 is 1.93 bits per heavy atom. The van der Waals surface area contributed by atoms with Crippen molar-refractivity contribution in [1.29, 1.82) is 0 Å². The summed E-state index contributed by atoms with van der Waals surface area (Å²) in [6.45, 7) is 2.77. The highest BCUT2D eigenvalue weighted by Crippen LogP contribution is 2.12. The number of amides is 2. The Kier molecular flexibility index (Phi) is 7.11. The molecule has 2 amide bonds. The quantitative estimate of drug-likeness (QED) is 0.662. The SMILES string of the molecule is CC(=O)NC(Cc1ccc(O)cc1)C(=O)NC(Cc1ccccc1)C(C)=O. The summed E-state index contributed by atoms with van der Waals surface area (Å²) in [4.78, 5) is 36.2. The Bertz CT molecular complexity index is 788. The van der Waals surface area contributed by atoms with E-state index in [1.165, 1.54) is 26.0 Å². The minimum atomic E-state index is -0.815. The second-order valence-corrected chi connectivity index (χ2v) is 6.49. The topological polar surface area (TPSA) is 95.5 Å². The number of carbonyl (C=O) groups is 3. The molecule has 0 heterocycles. The highest BCUT2D eigenvalue weighted by atomic mass is 16.3. The summed E-state index contributed by atoms with van der Waals surface area (Å²) < 4.78 is 0. The van der Waals surface area contributed by atoms with Gasteiger partial charge in [0.05, 0.1) is 6.04 Å². The molecule has 2 rings (SSSR count). The maximum Gasteiger partial charge on any atom is 0.243 e. The van der Waals surface area contributed by atoms with E-state index in [0.29, 0.717) is 6.42 Å². The lowest BCUT2D eigenvalue weighted by Gasteiger charge is -2.22. The van der Waals surface area contributed by atoms with Gasteiger partial charge in [-0.3, -0.25) is 14.4 Å². The summed E-state index contributed by atoms with van der Waals surface area (Å²) in [5.41, 5.74) is 1.72. The lowest BCUT2D eigenvalue weighted by atomic mass is 10.0. The van der Waals surface area contributed by atoms with Crippen molar-refractivity contribution in [3.05, 3.63) is 65.7 Å². The largest absolute Gasteiger partial charge is 0.508 e. The molecule has 0 saturated heterocycles. The molecule has 2 unspecified atom stereocenters. The Morgan fingerprint density at radius 2 is 1.37 bits per heavy atom. The standard InChI is InChI=1S/C21H24N2O4/c1-14(24)19(12-16-6-4-3-5-7-16)23-21(27)20(22-15(2)25)13-17-8-10-18(26)11-9-17/h3-11,19-20,26H,12-13H2,1-2H3,(H,22,25)(H,23,27). The van der Waals surface area contributed by atoms with E-state index in [1.54, 1.807) is 12.1 Å². The van der Waals surface area contributed by atoms with Gasteiger partial charge in [0.1, 0.15) is 11.8 Å². The van der Waals surface area contributed by atoms with Gasteiger partial charge in [0, 0.05) is 13.3 Å². The maximum absolute atomic E-state index is 12.7. The Hall–Kier alpha value is -3.15. The first-order valence-electron chi connectivity index (χ1n) is 8.75. The molecule has 0 radical (unpaired) electrons. The molecule has 0 aliphatic rings. The molecule has 2 aromatic rings. The predicted molar refractivity (Wildman–Crippen MR) is 102 cm³/mol. The van der Waals surface area contributed by atoms with Crippen LogP contribution in [0.5, 0.6) is 5.75 Å². The van der Waals surface area contributed by atoms with Crippen molar-refractivity contribution in [1.82, 2.24) is 10.6 Å². The second-order valence-electron chi connectivity index (χ2n) is 6.49. The summed E-state index contributed by atoms with van der Waals surface area (Å²) in [7, 11) is 0. The number of aromatic hydroxyl groups is 1. The van der Waals surface area contributed by atoms with Gasteiger partial charge in [0.15, 0.2) is 5.78 Å². The number of phenolic OH excluding ortho intramolecular Hbond substituents is 1. The van der Waals surface area contributed by atoms with Crippen molar-refractivity contribution < 1.29 is 19.5 Å². The van der Waals surface area contributed by atoms with Crippen molar-refractivity contribution in [2.75, 3.05) is 0 Å². The average Bonchev–Trinajstić information content (AvgIpc) is 2.62. The van der Waals surface area contributed by atoms with Crippen LogP contribution in [0, 0.1) is 0 Å². The Morgan fingerprint density at radius 1 is 0.815 bits per heavy atom. The first-order valence-corrected chi connectivity index (χ1v) is 8.75. The van der Waals surface area contributed by atoms with Crippen LogP contribution in [0.3, 0.4) is 0 Å². The van der Waals surface area contributed by atoms with Crippen molar-refractivity contribution >= 4 is 17.6 Å². The smallest absolute Gasteiger partial charge is 0.243 e. The van der Waals surface area contributed by atoms with Gasteiger partial charge < -0.3 is 15.7 Å². The third-order valence-corrected chi connectivity index (χ3v) is 4.16. The highest BCUT2D eigenvalue weighted by molar-refractivity contribution is 5.92. The number of Topliss-reactive ketones (excluding diaryl/α,β-unsaturated/α-hetero) is 1. The lowest BCUT2D eigenvalue weighted by Crippen LogP contribution is -2.52. The van der Waals surface area contributed by atoms with Gasteiger partial charge in [-0.25, -0.2) is 0 Å². The van der Waals surface area contributed by atoms with E-state index < -0.39 is 18.0 Å². The maximum atomic E-state index is 12.7. The summed E-state index contributed by atoms with van der Waals surface area (Å²) in [6, 6.07) is 14.3. The van der Waals surface area contributed by atoms with Crippen LogP contribution in [0.4, 0.5) is 0 Å². The van der Waals surface area contributed by atoms with Gasteiger partial charge in [-0.05, 0) is 36.6 Å². The highest BCUT2D eigenvalue weighted by Gasteiger charge is 2.25. The molecular formula is C21H24N2O4. The van der Waals surface area contributed by atoms with E-state index in [0.717, 1.165) is 11.1 Å². The number of hydrogen-bond acceptors (Lipinski definition) is 4. The van der Waals surface area contributed by atoms with Crippen LogP contribution in [0.25, 0.3) is 0 Å². The minimum Gasteiger partial charge on any atom is -0.508 e. The lowest BCUT2D eigenvalue weighted by molar-refractivity contribution is -0.130. The molecule has 2 aromatic carbocycles. The fraction of sp³-hybridized carbons (Fsp3) is 0.286. The normalized spacial score (nSPS) is 12.7. The van der Waals surface area contributed by atoms with E-state index in [2.05, 4.69) is 10.6 Å². The van der Waals surface area contributed by atoms with Crippen molar-refractivity contribution in [3.8, 4) is 5.75 Å². The third kappa shape index (κ3) is 6.58. The predicted octanol–water partition coefficient (Wildman–Crippen LogP) is 1.76. The Balaban J connectivity index is 2.10. The molecular weight excluding hydrogens is 344 g/mol. The molecule has 0 bridgehead atoms. The first kappa shape index (κ1) is 20.2. The molecule has 6 nitrogen and oxygen atoms in total. The molecule has 3 N–H and O–H groups in total. The number of ketones is 1. The van der Waals surface area contributed by atoms with Crippen LogP contribution in [-0.2, 0) is 27.2 Å². The van der Waals surface area contributed by atoms with Crippen LogP contribution < -0.4 is 10.6 Å². The zero-order chi connectivity index (χ0) is 19.8. The molecule has 0 aliphatic carbocycles. The molecule has 0 saturated carbocycles. The summed E-state index contributed by atoms with van der Waals surface area (Å²) in [5.74, 6) is -0.789. The molecule has 0 fully saturated rings. The number of rotatable bonds is 8. The molecule has 6 heteroatoms. The molecule has 0 aliphatic heterocycles. The number of carbonyl (C=O) groups excluding carboxylic acids is 3. The van der Waals surface area contributed by atoms with Gasteiger partial charge in [-0.15, -0.1) is 0 Å². The number of benzene rings is 2. The second kappa shape index (κ2) is 9.52. The van der Waals surface area contributed by atoms with Crippen molar-refractivity contribution in [3.63, 3.8) is 0 Å². The van der Waals surface area contributed by atoms with Gasteiger partial charge in [-0.2, -0.15) is 0 Å². The van der Waals surface area contributed by atoms with E-state index in [9.17, 15) is 19.5 Å². The van der Waals surface area contributed by atoms with Crippen LogP contribution >= 0.6 is 0 Å². The Labute approximate surface area is 158 Å². The summed E-state index contributed by atoms with van der Waals surface area (Å²) in [6.07, 6.45) is 0.634. The molecule has 0 spiro atoms. The zero-order valence-electron chi connectivity index (χ0n) is 15.4. The van der Waals surface area contributed by atoms with Crippen LogP contribution in [0.15, 0.2) is 54.6 Å². The van der Waals surface area contributed by atoms with Crippen LogP contribution in [0.2, 0.25) is 0 Å². The van der Waals surface area contributed by atoms with Crippen LogP contribution in [0.1, 0.15) is 25.0 Å². The molecule has 27 heavy (non-hydrogen) atoms. The zero-order valence-corrected chi connectivity index (χ0v) is 15.4.